The van der Waals surface area contributed by atoms with Crippen LogP contribution < -0.4 is 14.4 Å². The van der Waals surface area contributed by atoms with Crippen molar-refractivity contribution in [2.45, 2.75) is 31.2 Å². The molecule has 140 valence electrons. The summed E-state index contributed by atoms with van der Waals surface area (Å²) >= 11 is 0. The Morgan fingerprint density at radius 1 is 1.08 bits per heavy atom. The summed E-state index contributed by atoms with van der Waals surface area (Å²) in [7, 11) is -0.782. The van der Waals surface area contributed by atoms with Crippen LogP contribution in [0.3, 0.4) is 0 Å². The van der Waals surface area contributed by atoms with Gasteiger partial charge in [-0.3, -0.25) is 9.10 Å². The molecule has 0 aliphatic heterocycles. The first kappa shape index (κ1) is 19.8. The molecule has 1 amide bonds. The standard InChI is InChI=1S/C19H24N2O4S/c1-19(2,3)20-18(22)14-7-6-8-17(13-14)26(23,24)21(4)15-9-11-16(25-5)12-10-15/h6-13H,1-5H3,(H,20,22). The minimum atomic E-state index is -3.80. The van der Waals surface area contributed by atoms with Gasteiger partial charge in [0.05, 0.1) is 17.7 Å². The van der Waals surface area contributed by atoms with Crippen LogP contribution in [0.25, 0.3) is 0 Å². The third kappa shape index (κ3) is 4.54. The van der Waals surface area contributed by atoms with E-state index in [1.54, 1.807) is 43.5 Å². The number of nitrogens with zero attached hydrogens (tertiary/aromatic N) is 1. The van der Waals surface area contributed by atoms with Crippen molar-refractivity contribution in [3.05, 3.63) is 54.1 Å². The summed E-state index contributed by atoms with van der Waals surface area (Å²) in [6.07, 6.45) is 0. The van der Waals surface area contributed by atoms with Crippen molar-refractivity contribution in [2.75, 3.05) is 18.5 Å². The van der Waals surface area contributed by atoms with Crippen LogP contribution in [0.4, 0.5) is 5.69 Å². The Morgan fingerprint density at radius 2 is 1.69 bits per heavy atom. The topological polar surface area (TPSA) is 75.7 Å². The molecule has 0 unspecified atom stereocenters. The number of ether oxygens (including phenoxy) is 1. The summed E-state index contributed by atoms with van der Waals surface area (Å²) in [6.45, 7) is 5.59. The van der Waals surface area contributed by atoms with Crippen LogP contribution in [-0.4, -0.2) is 34.0 Å². The zero-order valence-corrected chi connectivity index (χ0v) is 16.4. The van der Waals surface area contributed by atoms with Gasteiger partial charge in [-0.15, -0.1) is 0 Å². The molecule has 2 rings (SSSR count). The average Bonchev–Trinajstić information content (AvgIpc) is 2.60. The second kappa shape index (κ2) is 7.37. The molecule has 0 saturated heterocycles. The SMILES string of the molecule is COc1ccc(N(C)S(=O)(=O)c2cccc(C(=O)NC(C)(C)C)c2)cc1. The van der Waals surface area contributed by atoms with Gasteiger partial charge in [-0.05, 0) is 63.2 Å². The van der Waals surface area contributed by atoms with E-state index in [-0.39, 0.29) is 10.8 Å². The molecule has 0 fully saturated rings. The van der Waals surface area contributed by atoms with Crippen LogP contribution in [0.1, 0.15) is 31.1 Å². The molecule has 1 N–H and O–H groups in total. The normalized spacial score (nSPS) is 11.7. The van der Waals surface area contributed by atoms with Crippen LogP contribution in [-0.2, 0) is 10.0 Å². The lowest BCUT2D eigenvalue weighted by Gasteiger charge is -2.22. The molecule has 0 saturated carbocycles. The Kier molecular flexibility index (Phi) is 5.61. The highest BCUT2D eigenvalue weighted by Gasteiger charge is 2.23. The molecule has 0 spiro atoms. The van der Waals surface area contributed by atoms with Gasteiger partial charge in [-0.2, -0.15) is 0 Å². The van der Waals surface area contributed by atoms with Gasteiger partial charge in [-0.25, -0.2) is 8.42 Å². The molecule has 0 bridgehead atoms. The molecule has 0 aliphatic rings. The first-order valence-electron chi connectivity index (χ1n) is 8.10. The second-order valence-electron chi connectivity index (χ2n) is 6.90. The molecule has 0 atom stereocenters. The third-order valence-corrected chi connectivity index (χ3v) is 5.46. The van der Waals surface area contributed by atoms with Crippen molar-refractivity contribution in [2.24, 2.45) is 0 Å². The number of methoxy groups -OCH3 is 1. The lowest BCUT2D eigenvalue weighted by atomic mass is 10.1. The average molecular weight is 376 g/mol. The van der Waals surface area contributed by atoms with Gasteiger partial charge in [0.1, 0.15) is 5.75 Å². The van der Waals surface area contributed by atoms with Crippen LogP contribution in [0.2, 0.25) is 0 Å². The van der Waals surface area contributed by atoms with Gasteiger partial charge in [0.25, 0.3) is 15.9 Å². The highest BCUT2D eigenvalue weighted by Crippen LogP contribution is 2.24. The lowest BCUT2D eigenvalue weighted by Crippen LogP contribution is -2.40. The summed E-state index contributed by atoms with van der Waals surface area (Å²) in [5.41, 5.74) is 0.380. The second-order valence-corrected chi connectivity index (χ2v) is 8.87. The van der Waals surface area contributed by atoms with Crippen LogP contribution in [0.15, 0.2) is 53.4 Å². The number of carbonyl (C=O) groups excluding carboxylic acids is 1. The maximum Gasteiger partial charge on any atom is 0.264 e. The van der Waals surface area contributed by atoms with Crippen LogP contribution in [0.5, 0.6) is 5.75 Å². The first-order valence-corrected chi connectivity index (χ1v) is 9.54. The van der Waals surface area contributed by atoms with Crippen LogP contribution in [0, 0.1) is 0 Å². The van der Waals surface area contributed by atoms with E-state index in [0.717, 1.165) is 0 Å². The Bertz CT molecular complexity index is 885. The van der Waals surface area contributed by atoms with Crippen molar-refractivity contribution < 1.29 is 17.9 Å². The van der Waals surface area contributed by atoms with E-state index in [2.05, 4.69) is 5.32 Å². The van der Waals surface area contributed by atoms with Crippen molar-refractivity contribution in [3.63, 3.8) is 0 Å². The summed E-state index contributed by atoms with van der Waals surface area (Å²) in [4.78, 5) is 12.4. The summed E-state index contributed by atoms with van der Waals surface area (Å²) < 4.78 is 32.1. The predicted molar refractivity (Wildman–Crippen MR) is 102 cm³/mol. The molecular weight excluding hydrogens is 352 g/mol. The number of amides is 1. The summed E-state index contributed by atoms with van der Waals surface area (Å²) in [6, 6.07) is 12.7. The van der Waals surface area contributed by atoms with Crippen molar-refractivity contribution in [1.82, 2.24) is 5.32 Å². The molecular formula is C19H24N2O4S. The van der Waals surface area contributed by atoms with E-state index in [1.807, 2.05) is 20.8 Å². The maximum atomic E-state index is 12.9. The van der Waals surface area contributed by atoms with Gasteiger partial charge in [0.15, 0.2) is 0 Å². The Hall–Kier alpha value is -2.54. The highest BCUT2D eigenvalue weighted by molar-refractivity contribution is 7.92. The minimum Gasteiger partial charge on any atom is -0.497 e. The number of benzene rings is 2. The van der Waals surface area contributed by atoms with E-state index in [0.29, 0.717) is 17.0 Å². The first-order chi connectivity index (χ1) is 12.0. The molecule has 0 heterocycles. The molecule has 7 heteroatoms. The number of carbonyl (C=O) groups is 1. The van der Waals surface area contributed by atoms with E-state index in [4.69, 9.17) is 4.74 Å². The fourth-order valence-corrected chi connectivity index (χ4v) is 3.54. The smallest absolute Gasteiger partial charge is 0.264 e. The van der Waals surface area contributed by atoms with E-state index in [1.165, 1.54) is 23.5 Å². The minimum absolute atomic E-state index is 0.0531. The zero-order valence-electron chi connectivity index (χ0n) is 15.6. The fourth-order valence-electron chi connectivity index (χ4n) is 2.30. The van der Waals surface area contributed by atoms with Crippen LogP contribution >= 0.6 is 0 Å². The van der Waals surface area contributed by atoms with E-state index in [9.17, 15) is 13.2 Å². The van der Waals surface area contributed by atoms with Crippen molar-refractivity contribution in [1.29, 1.82) is 0 Å². The summed E-state index contributed by atoms with van der Waals surface area (Å²) in [5, 5.41) is 2.83. The van der Waals surface area contributed by atoms with Gasteiger partial charge in [-0.1, -0.05) is 6.07 Å². The predicted octanol–water partition coefficient (Wildman–Crippen LogP) is 3.05. The Balaban J connectivity index is 2.33. The number of hydrogen-bond acceptors (Lipinski definition) is 4. The van der Waals surface area contributed by atoms with Gasteiger partial charge >= 0.3 is 0 Å². The maximum absolute atomic E-state index is 12.9. The van der Waals surface area contributed by atoms with Gasteiger partial charge in [0.2, 0.25) is 0 Å². The monoisotopic (exact) mass is 376 g/mol. The molecule has 0 radical (unpaired) electrons. The Labute approximate surface area is 154 Å². The molecule has 2 aromatic rings. The lowest BCUT2D eigenvalue weighted by molar-refractivity contribution is 0.0919. The number of hydrogen-bond donors (Lipinski definition) is 1. The highest BCUT2D eigenvalue weighted by atomic mass is 32.2. The number of anilines is 1. The number of rotatable bonds is 5. The molecule has 6 nitrogen and oxygen atoms in total. The molecule has 2 aromatic carbocycles. The zero-order chi connectivity index (χ0) is 19.5. The molecule has 0 aromatic heterocycles. The van der Waals surface area contributed by atoms with Gasteiger partial charge in [0, 0.05) is 18.2 Å². The van der Waals surface area contributed by atoms with Crippen molar-refractivity contribution in [3.8, 4) is 5.75 Å². The molecule has 26 heavy (non-hydrogen) atoms. The quantitative estimate of drug-likeness (QED) is 0.870. The largest absolute Gasteiger partial charge is 0.497 e. The van der Waals surface area contributed by atoms with E-state index >= 15 is 0 Å². The Morgan fingerprint density at radius 3 is 2.23 bits per heavy atom. The fraction of sp³-hybridized carbons (Fsp3) is 0.316. The molecule has 0 aliphatic carbocycles. The number of sulfonamides is 1. The van der Waals surface area contributed by atoms with Gasteiger partial charge < -0.3 is 10.1 Å². The third-order valence-electron chi connectivity index (χ3n) is 3.68. The summed E-state index contributed by atoms with van der Waals surface area (Å²) in [5.74, 6) is 0.321. The number of nitrogens with one attached hydrogen (secondary N) is 1. The van der Waals surface area contributed by atoms with Crippen molar-refractivity contribution >= 4 is 21.6 Å². The van der Waals surface area contributed by atoms with E-state index < -0.39 is 15.6 Å².